The van der Waals surface area contributed by atoms with Gasteiger partial charge >= 0.3 is 0 Å². The first-order valence-electron chi connectivity index (χ1n) is 8.67. The molecule has 7 heteroatoms. The molecule has 3 rings (SSSR count). The van der Waals surface area contributed by atoms with Crippen molar-refractivity contribution in [2.45, 2.75) is 44.8 Å². The molecule has 4 nitrogen and oxygen atoms in total. The molecule has 0 radical (unpaired) electrons. The topological polar surface area (TPSA) is 39.9 Å². The Kier molecular flexibility index (Phi) is 6.68. The van der Waals surface area contributed by atoms with Crippen LogP contribution in [0.1, 0.15) is 29.4 Å². The molecule has 0 fully saturated rings. The van der Waals surface area contributed by atoms with E-state index < -0.39 is 0 Å². The van der Waals surface area contributed by atoms with Gasteiger partial charge < -0.3 is 9.30 Å². The maximum atomic E-state index is 6.26. The first-order valence-corrected chi connectivity index (χ1v) is 10.4. The van der Waals surface area contributed by atoms with Crippen molar-refractivity contribution in [3.8, 4) is 5.75 Å². The summed E-state index contributed by atoms with van der Waals surface area (Å²) in [4.78, 5) is 0. The van der Waals surface area contributed by atoms with Gasteiger partial charge in [-0.15, -0.1) is 10.2 Å². The van der Waals surface area contributed by atoms with Crippen molar-refractivity contribution < 1.29 is 4.74 Å². The molecule has 0 atom stereocenters. The minimum atomic E-state index is 0.384. The van der Waals surface area contributed by atoms with E-state index in [1.165, 1.54) is 0 Å². The Bertz CT molecular complexity index is 923. The second-order valence-electron chi connectivity index (χ2n) is 6.18. The van der Waals surface area contributed by atoms with Gasteiger partial charge in [-0.25, -0.2) is 0 Å². The fraction of sp³-hybridized carbons (Fsp3) is 0.300. The number of ether oxygens (including phenoxy) is 1. The van der Waals surface area contributed by atoms with Crippen molar-refractivity contribution in [2.75, 3.05) is 0 Å². The molecule has 0 unspecified atom stereocenters. The molecule has 0 amide bonds. The molecule has 27 heavy (non-hydrogen) atoms. The van der Waals surface area contributed by atoms with Crippen LogP contribution in [0, 0.1) is 13.8 Å². The molecule has 0 N–H and O–H groups in total. The highest BCUT2D eigenvalue weighted by atomic mass is 35.5. The number of hydrogen-bond acceptors (Lipinski definition) is 4. The molecule has 0 saturated carbocycles. The number of nitrogens with zero attached hydrogens (tertiary/aromatic N) is 3. The maximum Gasteiger partial charge on any atom is 0.191 e. The van der Waals surface area contributed by atoms with E-state index in [-0.39, 0.29) is 0 Å². The minimum Gasteiger partial charge on any atom is -0.485 e. The van der Waals surface area contributed by atoms with Crippen LogP contribution in [-0.4, -0.2) is 14.8 Å². The number of hydrogen-bond donors (Lipinski definition) is 0. The molecule has 1 heterocycles. The monoisotopic (exact) mass is 421 g/mol. The normalized spacial score (nSPS) is 11.0. The SMILES string of the molecule is CCn1c(COc2c(C)cccc2C)nnc1SCc1ccc(Cl)cc1Cl. The number of aromatic nitrogens is 3. The molecule has 0 aliphatic carbocycles. The molecule has 0 saturated heterocycles. The second-order valence-corrected chi connectivity index (χ2v) is 7.96. The number of aryl methyl sites for hydroxylation is 2. The largest absolute Gasteiger partial charge is 0.485 e. The quantitative estimate of drug-likeness (QED) is 0.432. The summed E-state index contributed by atoms with van der Waals surface area (Å²) in [5.41, 5.74) is 3.25. The number of halogens is 2. The van der Waals surface area contributed by atoms with Crippen molar-refractivity contribution in [1.82, 2.24) is 14.8 Å². The number of para-hydroxylation sites is 1. The highest BCUT2D eigenvalue weighted by molar-refractivity contribution is 7.98. The van der Waals surface area contributed by atoms with Gasteiger partial charge in [0.2, 0.25) is 0 Å². The maximum absolute atomic E-state index is 6.26. The van der Waals surface area contributed by atoms with Gasteiger partial charge in [0.15, 0.2) is 11.0 Å². The summed E-state index contributed by atoms with van der Waals surface area (Å²) in [6, 6.07) is 11.7. The molecular weight excluding hydrogens is 401 g/mol. The molecule has 142 valence electrons. The average Bonchev–Trinajstić information content (AvgIpc) is 3.02. The zero-order valence-electron chi connectivity index (χ0n) is 15.5. The van der Waals surface area contributed by atoms with E-state index in [2.05, 4.69) is 21.7 Å². The Morgan fingerprint density at radius 2 is 1.81 bits per heavy atom. The third-order valence-corrected chi connectivity index (χ3v) is 5.84. The van der Waals surface area contributed by atoms with Gasteiger partial charge in [0.1, 0.15) is 12.4 Å². The van der Waals surface area contributed by atoms with Crippen LogP contribution in [0.3, 0.4) is 0 Å². The molecule has 1 aromatic heterocycles. The van der Waals surface area contributed by atoms with Gasteiger partial charge in [-0.2, -0.15) is 0 Å². The highest BCUT2D eigenvalue weighted by Crippen LogP contribution is 2.29. The van der Waals surface area contributed by atoms with Crippen LogP contribution in [0.15, 0.2) is 41.6 Å². The number of thioether (sulfide) groups is 1. The molecule has 0 aliphatic rings. The molecule has 3 aromatic rings. The fourth-order valence-corrected chi connectivity index (χ4v) is 4.37. The summed E-state index contributed by atoms with van der Waals surface area (Å²) >= 11 is 13.8. The molecule has 2 aromatic carbocycles. The van der Waals surface area contributed by atoms with Gasteiger partial charge in [0.25, 0.3) is 0 Å². The summed E-state index contributed by atoms with van der Waals surface area (Å²) in [5.74, 6) is 2.42. The Hall–Kier alpha value is -1.69. The van der Waals surface area contributed by atoms with E-state index in [1.807, 2.05) is 44.2 Å². The van der Waals surface area contributed by atoms with E-state index in [1.54, 1.807) is 17.8 Å². The predicted molar refractivity (Wildman–Crippen MR) is 112 cm³/mol. The summed E-state index contributed by atoms with van der Waals surface area (Å²) < 4.78 is 8.11. The number of benzene rings is 2. The average molecular weight is 422 g/mol. The Balaban J connectivity index is 1.71. The minimum absolute atomic E-state index is 0.384. The van der Waals surface area contributed by atoms with E-state index >= 15 is 0 Å². The van der Waals surface area contributed by atoms with Gasteiger partial charge in [-0.3, -0.25) is 0 Å². The van der Waals surface area contributed by atoms with Gasteiger partial charge in [-0.05, 0) is 49.6 Å². The van der Waals surface area contributed by atoms with Crippen molar-refractivity contribution in [2.24, 2.45) is 0 Å². The third-order valence-electron chi connectivity index (χ3n) is 4.24. The Morgan fingerprint density at radius 3 is 2.48 bits per heavy atom. The van der Waals surface area contributed by atoms with Gasteiger partial charge in [-0.1, -0.05) is 59.2 Å². The lowest BCUT2D eigenvalue weighted by molar-refractivity contribution is 0.284. The third kappa shape index (κ3) is 4.78. The first-order chi connectivity index (χ1) is 13.0. The summed E-state index contributed by atoms with van der Waals surface area (Å²) in [7, 11) is 0. The zero-order chi connectivity index (χ0) is 19.4. The highest BCUT2D eigenvalue weighted by Gasteiger charge is 2.14. The van der Waals surface area contributed by atoms with Gasteiger partial charge in [0, 0.05) is 22.3 Å². The molecule has 0 spiro atoms. The van der Waals surface area contributed by atoms with E-state index in [9.17, 15) is 0 Å². The summed E-state index contributed by atoms with van der Waals surface area (Å²) in [6.45, 7) is 7.32. The lowest BCUT2D eigenvalue weighted by Gasteiger charge is -2.12. The molecule has 0 bridgehead atoms. The van der Waals surface area contributed by atoms with Crippen LogP contribution in [0.4, 0.5) is 0 Å². The first kappa shape index (κ1) is 20.1. The van der Waals surface area contributed by atoms with Crippen LogP contribution in [-0.2, 0) is 18.9 Å². The van der Waals surface area contributed by atoms with Gasteiger partial charge in [0.05, 0.1) is 0 Å². The lowest BCUT2D eigenvalue weighted by atomic mass is 10.1. The second kappa shape index (κ2) is 9.00. The smallest absolute Gasteiger partial charge is 0.191 e. The predicted octanol–water partition coefficient (Wildman–Crippen LogP) is 6.09. The van der Waals surface area contributed by atoms with Crippen LogP contribution in [0.2, 0.25) is 10.0 Å². The van der Waals surface area contributed by atoms with E-state index in [0.29, 0.717) is 22.4 Å². The summed E-state index contributed by atoms with van der Waals surface area (Å²) in [6.07, 6.45) is 0. The van der Waals surface area contributed by atoms with Crippen molar-refractivity contribution in [3.05, 3.63) is 69.0 Å². The Morgan fingerprint density at radius 1 is 1.07 bits per heavy atom. The lowest BCUT2D eigenvalue weighted by Crippen LogP contribution is -2.08. The van der Waals surface area contributed by atoms with E-state index in [0.717, 1.165) is 40.0 Å². The van der Waals surface area contributed by atoms with Crippen molar-refractivity contribution >= 4 is 35.0 Å². The fourth-order valence-electron chi connectivity index (χ4n) is 2.79. The summed E-state index contributed by atoms with van der Waals surface area (Å²) in [5, 5.41) is 10.8. The molecular formula is C20H21Cl2N3OS. The van der Waals surface area contributed by atoms with Crippen LogP contribution < -0.4 is 4.74 Å². The van der Waals surface area contributed by atoms with Crippen molar-refractivity contribution in [1.29, 1.82) is 0 Å². The van der Waals surface area contributed by atoms with Crippen molar-refractivity contribution in [3.63, 3.8) is 0 Å². The molecule has 0 aliphatic heterocycles. The van der Waals surface area contributed by atoms with Crippen LogP contribution in [0.5, 0.6) is 5.75 Å². The van der Waals surface area contributed by atoms with E-state index in [4.69, 9.17) is 27.9 Å². The van der Waals surface area contributed by atoms with Crippen LogP contribution >= 0.6 is 35.0 Å². The number of rotatable bonds is 7. The standard InChI is InChI=1S/C20H21Cl2N3OS/c1-4-25-18(11-26-19-13(2)6-5-7-14(19)3)23-24-20(25)27-12-15-8-9-16(21)10-17(15)22/h5-10H,4,11-12H2,1-3H3. The Labute approximate surface area is 173 Å². The van der Waals surface area contributed by atoms with Crippen LogP contribution in [0.25, 0.3) is 0 Å². The zero-order valence-corrected chi connectivity index (χ0v) is 17.8.